The van der Waals surface area contributed by atoms with Crippen LogP contribution in [0.25, 0.3) is 0 Å². The van der Waals surface area contributed by atoms with Crippen LogP contribution in [0.5, 0.6) is 0 Å². The van der Waals surface area contributed by atoms with E-state index in [2.05, 4.69) is 36.6 Å². The van der Waals surface area contributed by atoms with Gasteiger partial charge in [0.05, 0.1) is 4.34 Å². The largest absolute Gasteiger partial charge is 0.310 e. The van der Waals surface area contributed by atoms with Gasteiger partial charge in [0.2, 0.25) is 0 Å². The van der Waals surface area contributed by atoms with Crippen LogP contribution in [-0.4, -0.2) is 32.1 Å². The van der Waals surface area contributed by atoms with Crippen molar-refractivity contribution in [3.05, 3.63) is 21.3 Å². The highest BCUT2D eigenvalue weighted by atomic mass is 35.5. The molecular weight excluding hydrogens is 228 g/mol. The summed E-state index contributed by atoms with van der Waals surface area (Å²) in [5.74, 6) is 0. The molecule has 4 heteroatoms. The first-order valence-corrected chi connectivity index (χ1v) is 6.47. The molecule has 0 bridgehead atoms. The van der Waals surface area contributed by atoms with Gasteiger partial charge < -0.3 is 10.2 Å². The number of nitrogens with zero attached hydrogens (tertiary/aromatic N) is 1. The van der Waals surface area contributed by atoms with Crippen LogP contribution < -0.4 is 5.32 Å². The van der Waals surface area contributed by atoms with Crippen molar-refractivity contribution >= 4 is 22.9 Å². The standard InChI is InChI=1S/C11H19ClN2S/c1-9(10-7-11(12)15-8-10)13-5-4-6-14(2)3/h7-9,13H,4-6H2,1-3H3. The zero-order valence-electron chi connectivity index (χ0n) is 9.59. The third-order valence-electron chi connectivity index (χ3n) is 2.32. The molecule has 0 aliphatic heterocycles. The van der Waals surface area contributed by atoms with Crippen molar-refractivity contribution in [3.8, 4) is 0 Å². The normalized spacial score (nSPS) is 13.4. The summed E-state index contributed by atoms with van der Waals surface area (Å²) in [6.07, 6.45) is 1.18. The molecule has 0 aromatic carbocycles. The Labute approximate surface area is 101 Å². The highest BCUT2D eigenvalue weighted by molar-refractivity contribution is 7.14. The average molecular weight is 247 g/mol. The predicted molar refractivity (Wildman–Crippen MR) is 68.9 cm³/mol. The first-order chi connectivity index (χ1) is 7.09. The maximum atomic E-state index is 5.89. The molecule has 1 N–H and O–H groups in total. The van der Waals surface area contributed by atoms with Crippen LogP contribution in [-0.2, 0) is 0 Å². The highest BCUT2D eigenvalue weighted by Gasteiger charge is 2.06. The van der Waals surface area contributed by atoms with Crippen LogP contribution in [0.2, 0.25) is 4.34 Å². The summed E-state index contributed by atoms with van der Waals surface area (Å²) in [6.45, 7) is 4.35. The lowest BCUT2D eigenvalue weighted by molar-refractivity contribution is 0.389. The third kappa shape index (κ3) is 4.98. The van der Waals surface area contributed by atoms with E-state index in [9.17, 15) is 0 Å². The molecule has 0 saturated carbocycles. The van der Waals surface area contributed by atoms with Crippen LogP contribution in [0.3, 0.4) is 0 Å². The van der Waals surface area contributed by atoms with Gasteiger partial charge in [-0.05, 0) is 57.5 Å². The zero-order chi connectivity index (χ0) is 11.3. The van der Waals surface area contributed by atoms with Crippen molar-refractivity contribution in [2.45, 2.75) is 19.4 Å². The number of thiophene rings is 1. The molecule has 2 nitrogen and oxygen atoms in total. The van der Waals surface area contributed by atoms with Gasteiger partial charge in [-0.2, -0.15) is 0 Å². The Morgan fingerprint density at radius 3 is 2.80 bits per heavy atom. The summed E-state index contributed by atoms with van der Waals surface area (Å²) < 4.78 is 0.868. The fraction of sp³-hybridized carbons (Fsp3) is 0.636. The molecule has 1 aromatic heterocycles. The Morgan fingerprint density at radius 2 is 2.27 bits per heavy atom. The molecule has 1 aromatic rings. The van der Waals surface area contributed by atoms with E-state index in [0.717, 1.165) is 17.4 Å². The Kier molecular flexibility index (Phi) is 5.61. The summed E-state index contributed by atoms with van der Waals surface area (Å²) >= 11 is 7.49. The van der Waals surface area contributed by atoms with Crippen LogP contribution in [0.1, 0.15) is 24.9 Å². The van der Waals surface area contributed by atoms with Crippen molar-refractivity contribution < 1.29 is 0 Å². The summed E-state index contributed by atoms with van der Waals surface area (Å²) in [5, 5.41) is 5.61. The second-order valence-corrected chi connectivity index (χ2v) is 5.56. The van der Waals surface area contributed by atoms with E-state index < -0.39 is 0 Å². The van der Waals surface area contributed by atoms with E-state index in [1.165, 1.54) is 12.0 Å². The van der Waals surface area contributed by atoms with E-state index in [-0.39, 0.29) is 0 Å². The van der Waals surface area contributed by atoms with E-state index in [4.69, 9.17) is 11.6 Å². The molecule has 1 unspecified atom stereocenters. The fourth-order valence-electron chi connectivity index (χ4n) is 1.38. The maximum Gasteiger partial charge on any atom is 0.0931 e. The lowest BCUT2D eigenvalue weighted by Gasteiger charge is -2.14. The van der Waals surface area contributed by atoms with Gasteiger partial charge in [-0.1, -0.05) is 11.6 Å². The zero-order valence-corrected chi connectivity index (χ0v) is 11.2. The van der Waals surface area contributed by atoms with Gasteiger partial charge in [-0.15, -0.1) is 11.3 Å². The van der Waals surface area contributed by atoms with Crippen molar-refractivity contribution in [1.82, 2.24) is 10.2 Å². The quantitative estimate of drug-likeness (QED) is 0.777. The number of hydrogen-bond acceptors (Lipinski definition) is 3. The molecule has 0 spiro atoms. The molecule has 0 radical (unpaired) electrons. The molecule has 0 aliphatic carbocycles. The molecule has 15 heavy (non-hydrogen) atoms. The predicted octanol–water partition coefficient (Wildman–Crippen LogP) is 3.00. The lowest BCUT2D eigenvalue weighted by Crippen LogP contribution is -2.23. The Hall–Kier alpha value is -0.0900. The van der Waals surface area contributed by atoms with Crippen LogP contribution in [0, 0.1) is 0 Å². The molecule has 0 saturated heterocycles. The van der Waals surface area contributed by atoms with Gasteiger partial charge in [0.25, 0.3) is 0 Å². The molecule has 1 rings (SSSR count). The average Bonchev–Trinajstić information content (AvgIpc) is 2.59. The maximum absolute atomic E-state index is 5.89. The van der Waals surface area contributed by atoms with Gasteiger partial charge in [-0.3, -0.25) is 0 Å². The second-order valence-electron chi connectivity index (χ2n) is 4.02. The third-order valence-corrected chi connectivity index (χ3v) is 3.43. The van der Waals surface area contributed by atoms with E-state index in [0.29, 0.717) is 6.04 Å². The molecule has 0 amide bonds. The molecule has 0 aliphatic rings. The number of halogens is 1. The van der Waals surface area contributed by atoms with Crippen LogP contribution in [0.4, 0.5) is 0 Å². The van der Waals surface area contributed by atoms with Gasteiger partial charge >= 0.3 is 0 Å². The monoisotopic (exact) mass is 246 g/mol. The van der Waals surface area contributed by atoms with Crippen molar-refractivity contribution in [3.63, 3.8) is 0 Å². The van der Waals surface area contributed by atoms with Gasteiger partial charge in [-0.25, -0.2) is 0 Å². The van der Waals surface area contributed by atoms with Crippen molar-refractivity contribution in [1.29, 1.82) is 0 Å². The topological polar surface area (TPSA) is 15.3 Å². The summed E-state index contributed by atoms with van der Waals surface area (Å²) in [6, 6.07) is 2.44. The minimum Gasteiger partial charge on any atom is -0.310 e. The first-order valence-electron chi connectivity index (χ1n) is 5.21. The Morgan fingerprint density at radius 1 is 1.53 bits per heavy atom. The van der Waals surface area contributed by atoms with E-state index in [1.807, 2.05) is 6.07 Å². The van der Waals surface area contributed by atoms with Crippen LogP contribution >= 0.6 is 22.9 Å². The molecular formula is C11H19ClN2S. The molecule has 1 heterocycles. The van der Waals surface area contributed by atoms with E-state index in [1.54, 1.807) is 11.3 Å². The fourth-order valence-corrected chi connectivity index (χ4v) is 2.37. The summed E-state index contributed by atoms with van der Waals surface area (Å²) in [7, 11) is 4.20. The van der Waals surface area contributed by atoms with Crippen molar-refractivity contribution in [2.24, 2.45) is 0 Å². The van der Waals surface area contributed by atoms with E-state index >= 15 is 0 Å². The van der Waals surface area contributed by atoms with Gasteiger partial charge in [0.15, 0.2) is 0 Å². The summed E-state index contributed by atoms with van der Waals surface area (Å²) in [4.78, 5) is 2.20. The minimum atomic E-state index is 0.399. The second kappa shape index (κ2) is 6.48. The van der Waals surface area contributed by atoms with Gasteiger partial charge in [0, 0.05) is 6.04 Å². The van der Waals surface area contributed by atoms with Gasteiger partial charge in [0.1, 0.15) is 0 Å². The summed E-state index contributed by atoms with van der Waals surface area (Å²) in [5.41, 5.74) is 1.29. The number of nitrogens with one attached hydrogen (secondary N) is 1. The number of hydrogen-bond donors (Lipinski definition) is 1. The SMILES string of the molecule is CC(NCCCN(C)C)c1csc(Cl)c1. The Bertz CT molecular complexity index is 286. The smallest absolute Gasteiger partial charge is 0.0931 e. The molecule has 0 fully saturated rings. The number of rotatable bonds is 6. The highest BCUT2D eigenvalue weighted by Crippen LogP contribution is 2.24. The Balaban J connectivity index is 2.21. The minimum absolute atomic E-state index is 0.399. The molecule has 1 atom stereocenters. The van der Waals surface area contributed by atoms with Crippen LogP contribution in [0.15, 0.2) is 11.4 Å². The molecule has 86 valence electrons. The lowest BCUT2D eigenvalue weighted by atomic mass is 10.2. The van der Waals surface area contributed by atoms with Crippen molar-refractivity contribution in [2.75, 3.05) is 27.2 Å². The first kappa shape index (κ1) is 13.0.